The molecule has 0 aliphatic rings. The van der Waals surface area contributed by atoms with E-state index >= 15 is 0 Å². The predicted octanol–water partition coefficient (Wildman–Crippen LogP) is 1.77. The van der Waals surface area contributed by atoms with Gasteiger partial charge in [0.05, 0.1) is 10.6 Å². The summed E-state index contributed by atoms with van der Waals surface area (Å²) in [6, 6.07) is 3.48. The zero-order valence-corrected chi connectivity index (χ0v) is 10.8. The van der Waals surface area contributed by atoms with Gasteiger partial charge in [-0.1, -0.05) is 6.07 Å². The van der Waals surface area contributed by atoms with Gasteiger partial charge in [-0.15, -0.1) is 0 Å². The Morgan fingerprint density at radius 1 is 1.12 bits per heavy atom. The molecule has 1 aromatic carbocycles. The minimum absolute atomic E-state index is 0.00679. The number of benzene rings is 1. The fraction of sp³-hybridized carbons (Fsp3) is 0.500. The SMILES string of the molecule is Cc1ccc(S(=O)(=O)CCCO)c(C)c1C. The molecule has 3 nitrogen and oxygen atoms in total. The van der Waals surface area contributed by atoms with Crippen molar-refractivity contribution in [3.8, 4) is 0 Å². The smallest absolute Gasteiger partial charge is 0.178 e. The van der Waals surface area contributed by atoms with E-state index < -0.39 is 9.84 Å². The van der Waals surface area contributed by atoms with Gasteiger partial charge in [0, 0.05) is 6.61 Å². The van der Waals surface area contributed by atoms with Crippen LogP contribution in [-0.4, -0.2) is 25.9 Å². The summed E-state index contributed by atoms with van der Waals surface area (Å²) in [7, 11) is -3.25. The molecule has 0 aliphatic heterocycles. The van der Waals surface area contributed by atoms with E-state index in [-0.39, 0.29) is 18.8 Å². The van der Waals surface area contributed by atoms with E-state index in [0.717, 1.165) is 16.7 Å². The molecule has 0 amide bonds. The lowest BCUT2D eigenvalue weighted by atomic mass is 10.1. The minimum atomic E-state index is -3.25. The van der Waals surface area contributed by atoms with Crippen LogP contribution in [0.15, 0.2) is 17.0 Å². The molecule has 1 rings (SSSR count). The van der Waals surface area contributed by atoms with Crippen molar-refractivity contribution in [2.75, 3.05) is 12.4 Å². The standard InChI is InChI=1S/C12H18O3S/c1-9-5-6-12(11(3)10(9)2)16(14,15)8-4-7-13/h5-6,13H,4,7-8H2,1-3H3. The zero-order valence-electron chi connectivity index (χ0n) is 9.95. The third-order valence-corrected chi connectivity index (χ3v) is 4.85. The lowest BCUT2D eigenvalue weighted by Crippen LogP contribution is -2.10. The molecule has 0 spiro atoms. The van der Waals surface area contributed by atoms with Crippen molar-refractivity contribution >= 4 is 9.84 Å². The van der Waals surface area contributed by atoms with Crippen molar-refractivity contribution in [1.29, 1.82) is 0 Å². The van der Waals surface area contributed by atoms with E-state index in [9.17, 15) is 8.42 Å². The van der Waals surface area contributed by atoms with Crippen molar-refractivity contribution in [3.63, 3.8) is 0 Å². The van der Waals surface area contributed by atoms with Crippen LogP contribution in [0, 0.1) is 20.8 Å². The van der Waals surface area contributed by atoms with Crippen LogP contribution in [0.2, 0.25) is 0 Å². The highest BCUT2D eigenvalue weighted by molar-refractivity contribution is 7.91. The van der Waals surface area contributed by atoms with Crippen LogP contribution in [0.25, 0.3) is 0 Å². The Labute approximate surface area is 97.0 Å². The average molecular weight is 242 g/mol. The first-order valence-corrected chi connectivity index (χ1v) is 6.96. The zero-order chi connectivity index (χ0) is 12.3. The number of hydrogen-bond donors (Lipinski definition) is 1. The topological polar surface area (TPSA) is 54.4 Å². The first-order valence-electron chi connectivity index (χ1n) is 5.30. The van der Waals surface area contributed by atoms with Gasteiger partial charge < -0.3 is 5.11 Å². The highest BCUT2D eigenvalue weighted by atomic mass is 32.2. The van der Waals surface area contributed by atoms with Crippen LogP contribution in [0.4, 0.5) is 0 Å². The van der Waals surface area contributed by atoms with Gasteiger partial charge in [-0.25, -0.2) is 8.42 Å². The summed E-state index contributed by atoms with van der Waals surface area (Å²) in [5.41, 5.74) is 2.93. The molecule has 0 radical (unpaired) electrons. The summed E-state index contributed by atoms with van der Waals surface area (Å²) in [6.45, 7) is 5.62. The Balaban J connectivity index is 3.19. The molecule has 0 aromatic heterocycles. The summed E-state index contributed by atoms with van der Waals surface area (Å²) >= 11 is 0. The van der Waals surface area contributed by atoms with Crippen molar-refractivity contribution in [3.05, 3.63) is 28.8 Å². The summed E-state index contributed by atoms with van der Waals surface area (Å²) in [5, 5.41) is 8.68. The number of aliphatic hydroxyl groups is 1. The molecule has 90 valence electrons. The predicted molar refractivity (Wildman–Crippen MR) is 64.4 cm³/mol. The van der Waals surface area contributed by atoms with Crippen LogP contribution in [0.3, 0.4) is 0 Å². The molecule has 1 aromatic rings. The monoisotopic (exact) mass is 242 g/mol. The van der Waals surface area contributed by atoms with Gasteiger partial charge in [0.15, 0.2) is 9.84 Å². The summed E-state index contributed by atoms with van der Waals surface area (Å²) < 4.78 is 23.9. The van der Waals surface area contributed by atoms with Crippen molar-refractivity contribution in [1.82, 2.24) is 0 Å². The van der Waals surface area contributed by atoms with Crippen LogP contribution >= 0.6 is 0 Å². The first-order chi connectivity index (χ1) is 7.40. The summed E-state index contributed by atoms with van der Waals surface area (Å²) in [6.07, 6.45) is 0.286. The van der Waals surface area contributed by atoms with Crippen LogP contribution in [0.1, 0.15) is 23.1 Å². The molecule has 0 saturated carbocycles. The van der Waals surface area contributed by atoms with E-state index in [1.54, 1.807) is 6.07 Å². The molecular weight excluding hydrogens is 224 g/mol. The van der Waals surface area contributed by atoms with Gasteiger partial charge in [0.1, 0.15) is 0 Å². The molecule has 1 N–H and O–H groups in total. The van der Waals surface area contributed by atoms with Gasteiger partial charge >= 0.3 is 0 Å². The van der Waals surface area contributed by atoms with Crippen molar-refractivity contribution < 1.29 is 13.5 Å². The Kier molecular flexibility index (Phi) is 4.10. The number of aryl methyl sites for hydroxylation is 1. The quantitative estimate of drug-likeness (QED) is 0.875. The van der Waals surface area contributed by atoms with Gasteiger partial charge in [-0.3, -0.25) is 0 Å². The number of hydrogen-bond acceptors (Lipinski definition) is 3. The van der Waals surface area contributed by atoms with Crippen molar-refractivity contribution in [2.45, 2.75) is 32.1 Å². The lowest BCUT2D eigenvalue weighted by molar-refractivity contribution is 0.295. The maximum atomic E-state index is 12.0. The van der Waals surface area contributed by atoms with Gasteiger partial charge in [-0.2, -0.15) is 0 Å². The van der Waals surface area contributed by atoms with E-state index in [4.69, 9.17) is 5.11 Å². The minimum Gasteiger partial charge on any atom is -0.396 e. The summed E-state index contributed by atoms with van der Waals surface area (Å²) in [5.74, 6) is 0.00679. The molecule has 4 heteroatoms. The van der Waals surface area contributed by atoms with Crippen molar-refractivity contribution in [2.24, 2.45) is 0 Å². The Hall–Kier alpha value is -0.870. The van der Waals surface area contributed by atoms with Gasteiger partial charge in [-0.05, 0) is 49.9 Å². The number of aliphatic hydroxyl groups excluding tert-OH is 1. The fourth-order valence-corrected chi connectivity index (χ4v) is 3.26. The molecule has 0 bridgehead atoms. The Bertz CT molecular complexity index is 475. The number of rotatable bonds is 4. The molecule has 0 saturated heterocycles. The highest BCUT2D eigenvalue weighted by Crippen LogP contribution is 2.22. The van der Waals surface area contributed by atoms with E-state index in [0.29, 0.717) is 4.90 Å². The Morgan fingerprint density at radius 2 is 1.75 bits per heavy atom. The Morgan fingerprint density at radius 3 is 2.31 bits per heavy atom. The molecule has 0 aliphatic carbocycles. The molecule has 16 heavy (non-hydrogen) atoms. The number of sulfone groups is 1. The second-order valence-electron chi connectivity index (χ2n) is 4.03. The lowest BCUT2D eigenvalue weighted by Gasteiger charge is -2.11. The molecule has 0 unspecified atom stereocenters. The van der Waals surface area contributed by atoms with Gasteiger partial charge in [0.2, 0.25) is 0 Å². The maximum absolute atomic E-state index is 12.0. The molecular formula is C12H18O3S. The molecule has 0 fully saturated rings. The maximum Gasteiger partial charge on any atom is 0.178 e. The van der Waals surface area contributed by atoms with Crippen LogP contribution < -0.4 is 0 Å². The van der Waals surface area contributed by atoms with Gasteiger partial charge in [0.25, 0.3) is 0 Å². The normalized spacial score (nSPS) is 11.8. The molecule has 0 heterocycles. The van der Waals surface area contributed by atoms with Crippen LogP contribution in [-0.2, 0) is 9.84 Å². The first kappa shape index (κ1) is 13.2. The van der Waals surface area contributed by atoms with E-state index in [1.807, 2.05) is 26.8 Å². The third kappa shape index (κ3) is 2.62. The second kappa shape index (κ2) is 4.97. The summed E-state index contributed by atoms with van der Waals surface area (Å²) in [4.78, 5) is 0.393. The fourth-order valence-electron chi connectivity index (χ4n) is 1.63. The van der Waals surface area contributed by atoms with E-state index in [2.05, 4.69) is 0 Å². The average Bonchev–Trinajstić information content (AvgIpc) is 2.23. The molecule has 0 atom stereocenters. The second-order valence-corrected chi connectivity index (χ2v) is 6.10. The third-order valence-electron chi connectivity index (χ3n) is 2.91. The highest BCUT2D eigenvalue weighted by Gasteiger charge is 2.17. The van der Waals surface area contributed by atoms with E-state index in [1.165, 1.54) is 0 Å². The van der Waals surface area contributed by atoms with Crippen LogP contribution in [0.5, 0.6) is 0 Å². The largest absolute Gasteiger partial charge is 0.396 e.